The van der Waals surface area contributed by atoms with Crippen LogP contribution in [-0.2, 0) is 23.1 Å². The average Bonchev–Trinajstić information content (AvgIpc) is 2.87. The third-order valence-electron chi connectivity index (χ3n) is 3.39. The highest BCUT2D eigenvalue weighted by Crippen LogP contribution is 2.19. The summed E-state index contributed by atoms with van der Waals surface area (Å²) in [6.45, 7) is 1.87. The Balaban J connectivity index is 1.78. The molecule has 1 aliphatic rings. The first kappa shape index (κ1) is 13.2. The quantitative estimate of drug-likeness (QED) is 0.614. The Morgan fingerprint density at radius 3 is 3.00 bits per heavy atom. The highest BCUT2D eigenvalue weighted by atomic mass is 16.5. The molecular formula is C12H18N6O2. The van der Waals surface area contributed by atoms with Crippen molar-refractivity contribution in [3.8, 4) is 0 Å². The lowest BCUT2D eigenvalue weighted by Crippen LogP contribution is -2.23. The van der Waals surface area contributed by atoms with Crippen molar-refractivity contribution in [2.75, 3.05) is 18.6 Å². The molecule has 8 heteroatoms. The van der Waals surface area contributed by atoms with E-state index in [4.69, 9.17) is 15.3 Å². The summed E-state index contributed by atoms with van der Waals surface area (Å²) < 4.78 is 12.8. The maximum Gasteiger partial charge on any atom is 0.163 e. The topological polar surface area (TPSA) is 100 Å². The zero-order chi connectivity index (χ0) is 13.9. The fourth-order valence-electron chi connectivity index (χ4n) is 2.28. The molecule has 0 aliphatic carbocycles. The molecule has 0 spiro atoms. The smallest absolute Gasteiger partial charge is 0.163 e. The predicted molar refractivity (Wildman–Crippen MR) is 72.7 cm³/mol. The Morgan fingerprint density at radius 2 is 2.25 bits per heavy atom. The second-order valence-corrected chi connectivity index (χ2v) is 4.76. The van der Waals surface area contributed by atoms with Gasteiger partial charge in [-0.15, -0.1) is 0 Å². The van der Waals surface area contributed by atoms with E-state index in [9.17, 15) is 0 Å². The van der Waals surface area contributed by atoms with E-state index in [-0.39, 0.29) is 6.10 Å². The van der Waals surface area contributed by atoms with Crippen molar-refractivity contribution in [3.05, 3.63) is 12.0 Å². The van der Waals surface area contributed by atoms with E-state index in [0.29, 0.717) is 18.2 Å². The lowest BCUT2D eigenvalue weighted by molar-refractivity contribution is -0.0408. The number of ether oxygens (including phenoxy) is 2. The first-order chi connectivity index (χ1) is 9.78. The highest BCUT2D eigenvalue weighted by Gasteiger charge is 2.16. The SMILES string of the molecule is Cn1ncc2c(NN)nc(COC3CCOCC3)nc21. The number of hydrazine groups is 1. The number of nitrogens with zero attached hydrogens (tertiary/aromatic N) is 4. The number of fused-ring (bicyclic) bond motifs is 1. The van der Waals surface area contributed by atoms with Crippen molar-refractivity contribution in [3.63, 3.8) is 0 Å². The minimum absolute atomic E-state index is 0.212. The third-order valence-corrected chi connectivity index (χ3v) is 3.39. The van der Waals surface area contributed by atoms with Gasteiger partial charge in [0.1, 0.15) is 6.61 Å². The van der Waals surface area contributed by atoms with Gasteiger partial charge in [-0.2, -0.15) is 5.10 Å². The Hall–Kier alpha value is -1.77. The first-order valence-electron chi connectivity index (χ1n) is 6.62. The van der Waals surface area contributed by atoms with E-state index in [1.54, 1.807) is 10.9 Å². The number of aromatic nitrogens is 4. The number of rotatable bonds is 4. The minimum Gasteiger partial charge on any atom is -0.381 e. The first-order valence-corrected chi connectivity index (χ1v) is 6.62. The van der Waals surface area contributed by atoms with Crippen molar-refractivity contribution in [1.29, 1.82) is 0 Å². The van der Waals surface area contributed by atoms with E-state index >= 15 is 0 Å². The third kappa shape index (κ3) is 2.58. The monoisotopic (exact) mass is 278 g/mol. The van der Waals surface area contributed by atoms with E-state index in [1.807, 2.05) is 7.05 Å². The molecule has 0 unspecified atom stereocenters. The molecule has 3 N–H and O–H groups in total. The molecule has 0 saturated carbocycles. The number of nitrogens with two attached hydrogens (primary N) is 1. The molecular weight excluding hydrogens is 260 g/mol. The van der Waals surface area contributed by atoms with Gasteiger partial charge in [-0.05, 0) is 12.8 Å². The molecule has 1 saturated heterocycles. The molecule has 108 valence electrons. The summed E-state index contributed by atoms with van der Waals surface area (Å²) in [7, 11) is 1.83. The van der Waals surface area contributed by atoms with Crippen LogP contribution in [0.15, 0.2) is 6.20 Å². The van der Waals surface area contributed by atoms with Crippen LogP contribution in [0.3, 0.4) is 0 Å². The maximum atomic E-state index is 5.83. The van der Waals surface area contributed by atoms with Gasteiger partial charge in [0.15, 0.2) is 17.3 Å². The zero-order valence-electron chi connectivity index (χ0n) is 11.4. The molecule has 2 aromatic rings. The van der Waals surface area contributed by atoms with E-state index in [1.165, 1.54) is 0 Å². The largest absolute Gasteiger partial charge is 0.381 e. The molecule has 20 heavy (non-hydrogen) atoms. The van der Waals surface area contributed by atoms with Crippen LogP contribution in [0.4, 0.5) is 5.82 Å². The van der Waals surface area contributed by atoms with Gasteiger partial charge < -0.3 is 14.9 Å². The average molecular weight is 278 g/mol. The molecule has 0 bridgehead atoms. The van der Waals surface area contributed by atoms with Crippen LogP contribution in [-0.4, -0.2) is 39.1 Å². The van der Waals surface area contributed by atoms with E-state index in [0.717, 1.165) is 37.1 Å². The zero-order valence-corrected chi connectivity index (χ0v) is 11.4. The molecule has 1 fully saturated rings. The number of aryl methyl sites for hydroxylation is 1. The van der Waals surface area contributed by atoms with Crippen LogP contribution in [0.5, 0.6) is 0 Å². The van der Waals surface area contributed by atoms with Gasteiger partial charge in [0.05, 0.1) is 17.7 Å². The van der Waals surface area contributed by atoms with Crippen LogP contribution in [0.1, 0.15) is 18.7 Å². The minimum atomic E-state index is 0.212. The van der Waals surface area contributed by atoms with Gasteiger partial charge in [-0.25, -0.2) is 15.8 Å². The summed E-state index contributed by atoms with van der Waals surface area (Å²) in [6.07, 6.45) is 3.73. The second-order valence-electron chi connectivity index (χ2n) is 4.76. The summed E-state index contributed by atoms with van der Waals surface area (Å²) in [6, 6.07) is 0. The molecule has 0 radical (unpaired) electrons. The van der Waals surface area contributed by atoms with Gasteiger partial charge >= 0.3 is 0 Å². The normalized spacial score (nSPS) is 16.7. The Labute approximate surface area is 116 Å². The van der Waals surface area contributed by atoms with Gasteiger partial charge in [0, 0.05) is 20.3 Å². The summed E-state index contributed by atoms with van der Waals surface area (Å²) in [5.74, 6) is 6.66. The molecule has 8 nitrogen and oxygen atoms in total. The Morgan fingerprint density at radius 1 is 1.45 bits per heavy atom. The van der Waals surface area contributed by atoms with Crippen LogP contribution in [0.2, 0.25) is 0 Å². The number of nitrogens with one attached hydrogen (secondary N) is 1. The number of hydrogen-bond donors (Lipinski definition) is 2. The number of nitrogen functional groups attached to an aromatic ring is 1. The summed E-state index contributed by atoms with van der Waals surface area (Å²) >= 11 is 0. The molecule has 2 aromatic heterocycles. The van der Waals surface area contributed by atoms with Crippen molar-refractivity contribution >= 4 is 16.9 Å². The standard InChI is InChI=1S/C12H18N6O2/c1-18-12-9(6-14-18)11(17-13)15-10(16-12)7-20-8-2-4-19-5-3-8/h6,8H,2-5,7,13H2,1H3,(H,15,16,17). The Kier molecular flexibility index (Phi) is 3.77. The van der Waals surface area contributed by atoms with Gasteiger partial charge in [0.25, 0.3) is 0 Å². The lowest BCUT2D eigenvalue weighted by atomic mass is 10.2. The summed E-state index contributed by atoms with van der Waals surface area (Å²) in [5, 5.41) is 4.95. The van der Waals surface area contributed by atoms with Crippen molar-refractivity contribution in [2.45, 2.75) is 25.6 Å². The fraction of sp³-hybridized carbons (Fsp3) is 0.583. The van der Waals surface area contributed by atoms with E-state index < -0.39 is 0 Å². The molecule has 3 rings (SSSR count). The summed E-state index contributed by atoms with van der Waals surface area (Å²) in [5.41, 5.74) is 3.32. The fourth-order valence-corrected chi connectivity index (χ4v) is 2.28. The van der Waals surface area contributed by atoms with Gasteiger partial charge in [-0.1, -0.05) is 0 Å². The number of hydrogen-bond acceptors (Lipinski definition) is 7. The van der Waals surface area contributed by atoms with Crippen LogP contribution in [0, 0.1) is 0 Å². The van der Waals surface area contributed by atoms with Crippen molar-refractivity contribution < 1.29 is 9.47 Å². The van der Waals surface area contributed by atoms with Crippen LogP contribution < -0.4 is 11.3 Å². The maximum absolute atomic E-state index is 5.83. The predicted octanol–water partition coefficient (Wildman–Crippen LogP) is 0.344. The molecule has 0 amide bonds. The molecule has 1 aliphatic heterocycles. The van der Waals surface area contributed by atoms with Gasteiger partial charge in [-0.3, -0.25) is 4.68 Å². The molecule has 3 heterocycles. The van der Waals surface area contributed by atoms with Crippen LogP contribution >= 0.6 is 0 Å². The Bertz CT molecular complexity index is 593. The lowest BCUT2D eigenvalue weighted by Gasteiger charge is -2.22. The van der Waals surface area contributed by atoms with E-state index in [2.05, 4.69) is 20.5 Å². The second kappa shape index (κ2) is 5.70. The molecule has 0 atom stereocenters. The highest BCUT2D eigenvalue weighted by molar-refractivity contribution is 5.86. The number of anilines is 1. The van der Waals surface area contributed by atoms with Crippen LogP contribution in [0.25, 0.3) is 11.0 Å². The van der Waals surface area contributed by atoms with Crippen molar-refractivity contribution in [2.24, 2.45) is 12.9 Å². The molecule has 0 aromatic carbocycles. The van der Waals surface area contributed by atoms with Gasteiger partial charge in [0.2, 0.25) is 0 Å². The summed E-state index contributed by atoms with van der Waals surface area (Å²) in [4.78, 5) is 8.83. The van der Waals surface area contributed by atoms with Crippen molar-refractivity contribution in [1.82, 2.24) is 19.7 Å².